The minimum absolute atomic E-state index is 0.335. The molecule has 5 nitrogen and oxygen atoms in total. The molecule has 0 bridgehead atoms. The maximum absolute atomic E-state index is 6.60. The van der Waals surface area contributed by atoms with Crippen LogP contribution in [0.3, 0.4) is 0 Å². The molecule has 1 saturated heterocycles. The predicted molar refractivity (Wildman–Crippen MR) is 159 cm³/mol. The van der Waals surface area contributed by atoms with Gasteiger partial charge >= 0.3 is 0 Å². The van der Waals surface area contributed by atoms with Gasteiger partial charge in [0.1, 0.15) is 29.9 Å². The van der Waals surface area contributed by atoms with Crippen molar-refractivity contribution in [3.05, 3.63) is 144 Å². The zero-order valence-corrected chi connectivity index (χ0v) is 23.4. The van der Waals surface area contributed by atoms with Gasteiger partial charge < -0.3 is 23.7 Å². The third-order valence-corrected chi connectivity index (χ3v) is 7.27. The van der Waals surface area contributed by atoms with E-state index < -0.39 is 29.9 Å². The van der Waals surface area contributed by atoms with Gasteiger partial charge in [-0.05, 0) is 22.3 Å². The van der Waals surface area contributed by atoms with E-state index in [4.69, 9.17) is 36.3 Å². The van der Waals surface area contributed by atoms with Crippen molar-refractivity contribution in [3.63, 3.8) is 0 Å². The predicted octanol–water partition coefficient (Wildman–Crippen LogP) is 6.61. The molecule has 0 saturated carbocycles. The summed E-state index contributed by atoms with van der Waals surface area (Å²) < 4.78 is 32.2. The molecule has 0 aromatic heterocycles. The number of rotatable bonds is 13. The van der Waals surface area contributed by atoms with Crippen LogP contribution in [0.5, 0.6) is 0 Å². The van der Waals surface area contributed by atoms with Gasteiger partial charge in [0.15, 0.2) is 0 Å². The van der Waals surface area contributed by atoms with Crippen molar-refractivity contribution in [1.29, 1.82) is 0 Å². The molecule has 5 rings (SSSR count). The highest BCUT2D eigenvalue weighted by atomic mass is 32.1. The van der Waals surface area contributed by atoms with E-state index in [0.717, 1.165) is 22.3 Å². The van der Waals surface area contributed by atoms with Crippen LogP contribution in [0.2, 0.25) is 0 Å². The van der Waals surface area contributed by atoms with Crippen molar-refractivity contribution >= 4 is 12.6 Å². The van der Waals surface area contributed by atoms with Crippen LogP contribution in [0, 0.1) is 0 Å². The topological polar surface area (TPSA) is 46.2 Å². The maximum Gasteiger partial charge on any atom is 0.129 e. The average Bonchev–Trinajstić information content (AvgIpc) is 3.01. The lowest BCUT2D eigenvalue weighted by molar-refractivity contribution is -0.254. The van der Waals surface area contributed by atoms with Crippen LogP contribution in [0.25, 0.3) is 0 Å². The Hall–Kier alpha value is -2.97. The van der Waals surface area contributed by atoms with E-state index in [9.17, 15) is 0 Å². The van der Waals surface area contributed by atoms with Crippen molar-refractivity contribution in [2.45, 2.75) is 56.3 Å². The largest absolute Gasteiger partial charge is 0.374 e. The van der Waals surface area contributed by atoms with Crippen LogP contribution >= 0.6 is 12.6 Å². The van der Waals surface area contributed by atoms with E-state index in [-0.39, 0.29) is 0 Å². The first kappa shape index (κ1) is 28.6. The molecule has 0 N–H and O–H groups in total. The Morgan fingerprint density at radius 1 is 0.475 bits per heavy atom. The molecule has 0 radical (unpaired) electrons. The summed E-state index contributed by atoms with van der Waals surface area (Å²) in [6.45, 7) is 2.06. The molecule has 0 amide bonds. The number of benzene rings is 4. The van der Waals surface area contributed by atoms with E-state index in [0.29, 0.717) is 33.0 Å². The molecule has 1 aliphatic heterocycles. The first-order chi connectivity index (χ1) is 19.8. The van der Waals surface area contributed by atoms with Crippen LogP contribution in [0.4, 0.5) is 0 Å². The average molecular weight is 557 g/mol. The normalized spacial score (nSPS) is 22.7. The third-order valence-electron chi connectivity index (χ3n) is 6.86. The van der Waals surface area contributed by atoms with E-state index in [2.05, 4.69) is 24.3 Å². The Kier molecular flexibility index (Phi) is 10.8. The summed E-state index contributed by atoms with van der Waals surface area (Å²) in [6, 6.07) is 40.4. The number of ether oxygens (including phenoxy) is 5. The summed E-state index contributed by atoms with van der Waals surface area (Å²) in [5.74, 6) is 0. The highest BCUT2D eigenvalue weighted by Gasteiger charge is 2.47. The van der Waals surface area contributed by atoms with E-state index >= 15 is 0 Å². The molecule has 4 aromatic carbocycles. The molecule has 40 heavy (non-hydrogen) atoms. The Bertz CT molecular complexity index is 1240. The number of thiol groups is 1. The van der Waals surface area contributed by atoms with Gasteiger partial charge in [-0.2, -0.15) is 0 Å². The van der Waals surface area contributed by atoms with Crippen molar-refractivity contribution < 1.29 is 23.7 Å². The molecule has 0 aliphatic carbocycles. The van der Waals surface area contributed by atoms with E-state index in [1.807, 2.05) is 97.1 Å². The molecule has 0 unspecified atom stereocenters. The third kappa shape index (κ3) is 8.27. The summed E-state index contributed by atoms with van der Waals surface area (Å²) in [6.07, 6.45) is -1.73. The van der Waals surface area contributed by atoms with Crippen molar-refractivity contribution in [1.82, 2.24) is 0 Å². The molecular formula is C34H36O5S. The van der Waals surface area contributed by atoms with Crippen LogP contribution < -0.4 is 0 Å². The molecule has 6 heteroatoms. The molecule has 208 valence electrons. The van der Waals surface area contributed by atoms with Gasteiger partial charge in [-0.1, -0.05) is 121 Å². The highest BCUT2D eigenvalue weighted by Crippen LogP contribution is 2.32. The Labute approximate surface area is 242 Å². The Balaban J connectivity index is 1.36. The molecular weight excluding hydrogens is 520 g/mol. The van der Waals surface area contributed by atoms with Crippen LogP contribution in [-0.4, -0.2) is 36.5 Å². The number of hydrogen-bond donors (Lipinski definition) is 1. The summed E-state index contributed by atoms with van der Waals surface area (Å²) in [5.41, 5.74) is 3.79. The van der Waals surface area contributed by atoms with Gasteiger partial charge in [-0.3, -0.25) is 0 Å². The van der Waals surface area contributed by atoms with Gasteiger partial charge in [-0.15, -0.1) is 12.6 Å². The lowest BCUT2D eigenvalue weighted by atomic mass is 9.98. The quantitative estimate of drug-likeness (QED) is 0.188. The van der Waals surface area contributed by atoms with Crippen molar-refractivity contribution in [2.24, 2.45) is 0 Å². The van der Waals surface area contributed by atoms with E-state index in [1.54, 1.807) is 0 Å². The second-order valence-corrected chi connectivity index (χ2v) is 10.4. The Morgan fingerprint density at radius 2 is 0.850 bits per heavy atom. The summed E-state index contributed by atoms with van der Waals surface area (Å²) >= 11 is 4.83. The SMILES string of the molecule is S[C@@H]1O[C@H](COCc2ccccc2)[C@@H](OCc2ccccc2)[C@H](OCc2ccccc2)[C@H]1OCc1ccccc1. The Morgan fingerprint density at radius 3 is 1.30 bits per heavy atom. The first-order valence-electron chi connectivity index (χ1n) is 13.7. The van der Waals surface area contributed by atoms with Crippen LogP contribution in [-0.2, 0) is 50.1 Å². The smallest absolute Gasteiger partial charge is 0.129 e. The zero-order chi connectivity index (χ0) is 27.4. The molecule has 4 aromatic rings. The standard InChI is InChI=1S/C34H36O5S/c40-34-33(38-24-29-19-11-4-12-20-29)32(37-23-28-17-9-3-10-18-28)31(36-22-27-15-7-2-8-16-27)30(39-34)25-35-21-26-13-5-1-6-14-26/h1-20,30-34,40H,21-25H2/t30-,31-,32+,33-,34+/m1/s1. The maximum atomic E-state index is 6.60. The van der Waals surface area contributed by atoms with Crippen molar-refractivity contribution in [3.8, 4) is 0 Å². The fourth-order valence-electron chi connectivity index (χ4n) is 4.77. The van der Waals surface area contributed by atoms with Crippen LogP contribution in [0.15, 0.2) is 121 Å². The lowest BCUT2D eigenvalue weighted by Gasteiger charge is -2.45. The van der Waals surface area contributed by atoms with Crippen molar-refractivity contribution in [2.75, 3.05) is 6.61 Å². The van der Waals surface area contributed by atoms with Gasteiger partial charge in [0.25, 0.3) is 0 Å². The summed E-state index contributed by atoms with van der Waals surface area (Å²) in [4.78, 5) is 0. The second kappa shape index (κ2) is 15.1. The van der Waals surface area contributed by atoms with Gasteiger partial charge in [0.05, 0.1) is 33.0 Å². The summed E-state index contributed by atoms with van der Waals surface area (Å²) in [5, 5.41) is 0. The summed E-state index contributed by atoms with van der Waals surface area (Å²) in [7, 11) is 0. The molecule has 1 fully saturated rings. The molecule has 0 spiro atoms. The zero-order valence-electron chi connectivity index (χ0n) is 22.5. The highest BCUT2D eigenvalue weighted by molar-refractivity contribution is 7.80. The molecule has 1 heterocycles. The van der Waals surface area contributed by atoms with Gasteiger partial charge in [-0.25, -0.2) is 0 Å². The minimum atomic E-state index is -0.522. The molecule has 1 aliphatic rings. The first-order valence-corrected chi connectivity index (χ1v) is 14.2. The fraction of sp³-hybridized carbons (Fsp3) is 0.294. The number of hydrogen-bond acceptors (Lipinski definition) is 6. The van der Waals surface area contributed by atoms with Gasteiger partial charge in [0, 0.05) is 0 Å². The van der Waals surface area contributed by atoms with Gasteiger partial charge in [0.2, 0.25) is 0 Å². The lowest BCUT2D eigenvalue weighted by Crippen LogP contribution is -2.59. The van der Waals surface area contributed by atoms with E-state index in [1.165, 1.54) is 0 Å². The van der Waals surface area contributed by atoms with Crippen LogP contribution in [0.1, 0.15) is 22.3 Å². The fourth-order valence-corrected chi connectivity index (χ4v) is 5.18. The minimum Gasteiger partial charge on any atom is -0.374 e. The second-order valence-electron chi connectivity index (χ2n) is 9.85. The molecule has 5 atom stereocenters. The monoisotopic (exact) mass is 556 g/mol.